The van der Waals surface area contributed by atoms with Crippen molar-refractivity contribution >= 4 is 17.0 Å². The standard InChI is InChI=1S/C25H27FN2O4/c1-30-21-10-9-15(12-22(21)31-18-5-2-3-6-18)17-11-16(25(29)27-14-17)13-23-28-20-8-4-7-19(26)24(20)32-23/h4,7-10,12,16-18H,2-3,5-6,11,13-14H2,1H3,(H,27,29)/t16-,17+/m0/s1. The molecule has 1 saturated carbocycles. The molecule has 2 fully saturated rings. The highest BCUT2D eigenvalue weighted by atomic mass is 19.1. The molecule has 32 heavy (non-hydrogen) atoms. The summed E-state index contributed by atoms with van der Waals surface area (Å²) in [6.45, 7) is 0.562. The van der Waals surface area contributed by atoms with Gasteiger partial charge in [0.1, 0.15) is 5.52 Å². The summed E-state index contributed by atoms with van der Waals surface area (Å²) in [5, 5.41) is 3.01. The van der Waals surface area contributed by atoms with Gasteiger partial charge in [0.25, 0.3) is 0 Å². The van der Waals surface area contributed by atoms with Gasteiger partial charge >= 0.3 is 0 Å². The minimum atomic E-state index is -0.444. The van der Waals surface area contributed by atoms with Crippen molar-refractivity contribution < 1.29 is 23.1 Å². The number of oxazole rings is 1. The SMILES string of the molecule is COc1ccc([C@H]2CNC(=O)[C@H](Cc3nc4cccc(F)c4o3)C2)cc1OC1CCCC1. The summed E-state index contributed by atoms with van der Waals surface area (Å²) in [5.74, 6) is 1.23. The van der Waals surface area contributed by atoms with Gasteiger partial charge in [-0.2, -0.15) is 0 Å². The molecule has 3 aromatic rings. The molecule has 5 rings (SSSR count). The number of nitrogens with zero attached hydrogens (tertiary/aromatic N) is 1. The second-order valence-electron chi connectivity index (χ2n) is 8.71. The Morgan fingerprint density at radius 1 is 1.19 bits per heavy atom. The lowest BCUT2D eigenvalue weighted by Gasteiger charge is -2.29. The molecule has 1 aliphatic heterocycles. The van der Waals surface area contributed by atoms with Gasteiger partial charge in [-0.15, -0.1) is 0 Å². The number of ether oxygens (including phenoxy) is 2. The van der Waals surface area contributed by atoms with Gasteiger partial charge < -0.3 is 19.2 Å². The number of para-hydroxylation sites is 1. The molecule has 0 unspecified atom stereocenters. The van der Waals surface area contributed by atoms with Crippen LogP contribution in [0, 0.1) is 11.7 Å². The van der Waals surface area contributed by atoms with E-state index in [0.29, 0.717) is 30.8 Å². The van der Waals surface area contributed by atoms with Crippen LogP contribution in [0.15, 0.2) is 40.8 Å². The van der Waals surface area contributed by atoms with Crippen LogP contribution < -0.4 is 14.8 Å². The summed E-state index contributed by atoms with van der Waals surface area (Å²) in [7, 11) is 1.65. The van der Waals surface area contributed by atoms with Gasteiger partial charge in [0.05, 0.1) is 13.2 Å². The Morgan fingerprint density at radius 3 is 2.81 bits per heavy atom. The number of amides is 1. The van der Waals surface area contributed by atoms with Crippen LogP contribution in [0.3, 0.4) is 0 Å². The van der Waals surface area contributed by atoms with Gasteiger partial charge in [0, 0.05) is 24.8 Å². The van der Waals surface area contributed by atoms with Crippen LogP contribution in [0.25, 0.3) is 11.1 Å². The monoisotopic (exact) mass is 438 g/mol. The molecule has 1 aliphatic carbocycles. The van der Waals surface area contributed by atoms with E-state index in [1.54, 1.807) is 19.2 Å². The lowest BCUT2D eigenvalue weighted by Crippen LogP contribution is -2.41. The topological polar surface area (TPSA) is 73.6 Å². The minimum Gasteiger partial charge on any atom is -0.493 e. The molecule has 2 aliphatic rings. The van der Waals surface area contributed by atoms with Gasteiger partial charge in [-0.1, -0.05) is 12.1 Å². The number of aromatic nitrogens is 1. The average molecular weight is 438 g/mol. The van der Waals surface area contributed by atoms with E-state index in [9.17, 15) is 9.18 Å². The average Bonchev–Trinajstić information content (AvgIpc) is 3.45. The third-order valence-electron chi connectivity index (χ3n) is 6.55. The fourth-order valence-corrected chi connectivity index (χ4v) is 4.82. The van der Waals surface area contributed by atoms with Crippen LogP contribution >= 0.6 is 0 Å². The quantitative estimate of drug-likeness (QED) is 0.601. The number of nitrogens with one attached hydrogen (secondary N) is 1. The maximum Gasteiger partial charge on any atom is 0.223 e. The molecule has 6 nitrogen and oxygen atoms in total. The third kappa shape index (κ3) is 4.16. The van der Waals surface area contributed by atoms with Crippen molar-refractivity contribution in [2.75, 3.05) is 13.7 Å². The van der Waals surface area contributed by atoms with Crippen molar-refractivity contribution in [3.63, 3.8) is 0 Å². The Bertz CT molecular complexity index is 1120. The number of hydrogen-bond acceptors (Lipinski definition) is 5. The number of carbonyl (C=O) groups is 1. The normalized spacial score (nSPS) is 21.6. The van der Waals surface area contributed by atoms with E-state index >= 15 is 0 Å². The highest BCUT2D eigenvalue weighted by molar-refractivity contribution is 5.80. The molecule has 168 valence electrons. The molecule has 1 aromatic heterocycles. The molecule has 7 heteroatoms. The van der Waals surface area contributed by atoms with Crippen molar-refractivity contribution in [3.05, 3.63) is 53.7 Å². The first-order valence-electron chi connectivity index (χ1n) is 11.3. The first-order valence-corrected chi connectivity index (χ1v) is 11.3. The molecular weight excluding hydrogens is 411 g/mol. The van der Waals surface area contributed by atoms with Crippen LogP contribution in [0.4, 0.5) is 4.39 Å². The summed E-state index contributed by atoms with van der Waals surface area (Å²) in [6, 6.07) is 10.7. The zero-order valence-corrected chi connectivity index (χ0v) is 18.1. The fraction of sp³-hybridized carbons (Fsp3) is 0.440. The van der Waals surface area contributed by atoms with Crippen molar-refractivity contribution in [3.8, 4) is 11.5 Å². The van der Waals surface area contributed by atoms with Crippen molar-refractivity contribution in [1.29, 1.82) is 0 Å². The largest absolute Gasteiger partial charge is 0.493 e. The number of hydrogen-bond donors (Lipinski definition) is 1. The molecule has 2 atom stereocenters. The number of methoxy groups -OCH3 is 1. The number of rotatable bonds is 6. The molecule has 0 bridgehead atoms. The zero-order valence-electron chi connectivity index (χ0n) is 18.1. The summed E-state index contributed by atoms with van der Waals surface area (Å²) in [4.78, 5) is 16.9. The van der Waals surface area contributed by atoms with E-state index in [4.69, 9.17) is 13.9 Å². The first-order chi connectivity index (χ1) is 15.6. The van der Waals surface area contributed by atoms with E-state index < -0.39 is 5.82 Å². The number of fused-ring (bicyclic) bond motifs is 1. The van der Waals surface area contributed by atoms with Crippen LogP contribution in [-0.4, -0.2) is 30.6 Å². The van der Waals surface area contributed by atoms with Crippen molar-refractivity contribution in [1.82, 2.24) is 10.3 Å². The van der Waals surface area contributed by atoms with Gasteiger partial charge in [0.2, 0.25) is 5.91 Å². The number of carbonyl (C=O) groups excluding carboxylic acids is 1. The van der Waals surface area contributed by atoms with E-state index in [-0.39, 0.29) is 29.4 Å². The van der Waals surface area contributed by atoms with E-state index in [1.165, 1.54) is 18.9 Å². The van der Waals surface area contributed by atoms with E-state index in [2.05, 4.69) is 10.3 Å². The third-order valence-corrected chi connectivity index (χ3v) is 6.55. The van der Waals surface area contributed by atoms with Gasteiger partial charge in [-0.05, 0) is 61.9 Å². The molecule has 2 aromatic carbocycles. The lowest BCUT2D eigenvalue weighted by atomic mass is 9.83. The second-order valence-corrected chi connectivity index (χ2v) is 8.71. The summed E-state index contributed by atoms with van der Waals surface area (Å²) in [6.07, 6.45) is 5.75. The van der Waals surface area contributed by atoms with E-state index in [0.717, 1.165) is 29.9 Å². The lowest BCUT2D eigenvalue weighted by molar-refractivity contribution is -0.127. The Labute approximate surface area is 186 Å². The summed E-state index contributed by atoms with van der Waals surface area (Å²) in [5.41, 5.74) is 1.71. The van der Waals surface area contributed by atoms with Gasteiger partial charge in [-0.3, -0.25) is 4.79 Å². The molecule has 0 spiro atoms. The Kier molecular flexibility index (Phi) is 5.72. The second kappa shape index (κ2) is 8.81. The predicted molar refractivity (Wildman–Crippen MR) is 117 cm³/mol. The maximum absolute atomic E-state index is 13.9. The Morgan fingerprint density at radius 2 is 2.03 bits per heavy atom. The zero-order chi connectivity index (χ0) is 22.1. The maximum atomic E-state index is 13.9. The predicted octanol–water partition coefficient (Wildman–Crippen LogP) is 4.76. The Balaban J connectivity index is 1.34. The van der Waals surface area contributed by atoms with Crippen LogP contribution in [0.2, 0.25) is 0 Å². The van der Waals surface area contributed by atoms with Crippen LogP contribution in [0.1, 0.15) is 49.5 Å². The number of benzene rings is 2. The van der Waals surface area contributed by atoms with Gasteiger partial charge in [-0.25, -0.2) is 9.37 Å². The first kappa shape index (κ1) is 20.8. The van der Waals surface area contributed by atoms with Crippen molar-refractivity contribution in [2.24, 2.45) is 5.92 Å². The molecule has 1 saturated heterocycles. The summed E-state index contributed by atoms with van der Waals surface area (Å²) >= 11 is 0. The van der Waals surface area contributed by atoms with Crippen molar-refractivity contribution in [2.45, 2.75) is 50.5 Å². The molecular formula is C25H27FN2O4. The molecule has 0 radical (unpaired) electrons. The smallest absolute Gasteiger partial charge is 0.223 e. The van der Waals surface area contributed by atoms with Crippen LogP contribution in [0.5, 0.6) is 11.5 Å². The van der Waals surface area contributed by atoms with Gasteiger partial charge in [0.15, 0.2) is 28.8 Å². The number of halogens is 1. The highest BCUT2D eigenvalue weighted by Crippen LogP contribution is 2.37. The molecule has 2 heterocycles. The Hall–Kier alpha value is -3.09. The minimum absolute atomic E-state index is 0.0279. The molecule has 1 amide bonds. The molecule has 1 N–H and O–H groups in total. The van der Waals surface area contributed by atoms with E-state index in [1.807, 2.05) is 18.2 Å². The van der Waals surface area contributed by atoms with Crippen LogP contribution in [-0.2, 0) is 11.2 Å². The summed E-state index contributed by atoms with van der Waals surface area (Å²) < 4.78 is 31.3. The fourth-order valence-electron chi connectivity index (χ4n) is 4.82. The number of piperidine rings is 1. The highest BCUT2D eigenvalue weighted by Gasteiger charge is 2.31.